The van der Waals surface area contributed by atoms with E-state index in [-0.39, 0.29) is 12.3 Å². The van der Waals surface area contributed by atoms with Crippen molar-refractivity contribution in [2.24, 2.45) is 0 Å². The Labute approximate surface area is 130 Å². The number of H-pyrrole nitrogens is 2. The van der Waals surface area contributed by atoms with E-state index >= 15 is 0 Å². The molecule has 0 aliphatic carbocycles. The second-order valence-electron chi connectivity index (χ2n) is 5.05. The standard InChI is InChI=1S/C16H14ClFN2O2/c1-9(18)8-22-14-4-2-3-11(15(14)17)10-5-6-12-13(7-10)20-16(21)19-12/h2-7,9H,8H2,1H3,(H2,19,20,21). The molecule has 114 valence electrons. The van der Waals surface area contributed by atoms with Gasteiger partial charge in [-0.1, -0.05) is 29.8 Å². The van der Waals surface area contributed by atoms with Crippen molar-refractivity contribution in [3.8, 4) is 16.9 Å². The van der Waals surface area contributed by atoms with Crippen molar-refractivity contribution in [3.63, 3.8) is 0 Å². The molecule has 0 saturated heterocycles. The summed E-state index contributed by atoms with van der Waals surface area (Å²) in [4.78, 5) is 16.7. The van der Waals surface area contributed by atoms with E-state index in [1.807, 2.05) is 18.2 Å². The summed E-state index contributed by atoms with van der Waals surface area (Å²) in [6.45, 7) is 1.38. The Balaban J connectivity index is 2.02. The monoisotopic (exact) mass is 320 g/mol. The minimum Gasteiger partial charge on any atom is -0.489 e. The highest BCUT2D eigenvalue weighted by Crippen LogP contribution is 2.36. The number of imidazole rings is 1. The van der Waals surface area contributed by atoms with Crippen LogP contribution in [-0.2, 0) is 0 Å². The molecule has 2 N–H and O–H groups in total. The predicted octanol–water partition coefficient (Wildman–Crippen LogP) is 3.91. The summed E-state index contributed by atoms with van der Waals surface area (Å²) in [5.41, 5.74) is 2.76. The van der Waals surface area contributed by atoms with Crippen LogP contribution in [0.4, 0.5) is 4.39 Å². The Bertz CT molecular complexity index is 870. The molecule has 0 bridgehead atoms. The predicted molar refractivity (Wildman–Crippen MR) is 85.4 cm³/mol. The number of nitrogens with one attached hydrogen (secondary N) is 2. The van der Waals surface area contributed by atoms with Crippen LogP contribution in [0, 0.1) is 0 Å². The topological polar surface area (TPSA) is 57.9 Å². The highest BCUT2D eigenvalue weighted by Gasteiger charge is 2.11. The number of halogens is 2. The first-order valence-corrected chi connectivity index (χ1v) is 7.20. The number of ether oxygens (including phenoxy) is 1. The first kappa shape index (κ1) is 14.7. The van der Waals surface area contributed by atoms with Gasteiger partial charge in [0.25, 0.3) is 0 Å². The fraction of sp³-hybridized carbons (Fsp3) is 0.188. The zero-order valence-electron chi connectivity index (χ0n) is 11.8. The van der Waals surface area contributed by atoms with Crippen molar-refractivity contribution in [1.29, 1.82) is 0 Å². The fourth-order valence-electron chi connectivity index (χ4n) is 2.25. The Morgan fingerprint density at radius 2 is 2.00 bits per heavy atom. The van der Waals surface area contributed by atoms with Crippen LogP contribution in [-0.4, -0.2) is 22.7 Å². The van der Waals surface area contributed by atoms with Crippen molar-refractivity contribution in [3.05, 3.63) is 51.9 Å². The Kier molecular flexibility index (Phi) is 3.90. The molecule has 1 unspecified atom stereocenters. The van der Waals surface area contributed by atoms with Crippen LogP contribution in [0.15, 0.2) is 41.2 Å². The van der Waals surface area contributed by atoms with Gasteiger partial charge < -0.3 is 14.7 Å². The zero-order valence-corrected chi connectivity index (χ0v) is 12.6. The van der Waals surface area contributed by atoms with E-state index in [1.54, 1.807) is 18.2 Å². The van der Waals surface area contributed by atoms with Crippen LogP contribution >= 0.6 is 11.6 Å². The number of hydrogen-bond acceptors (Lipinski definition) is 2. The van der Waals surface area contributed by atoms with E-state index in [2.05, 4.69) is 9.97 Å². The molecule has 1 heterocycles. The number of fused-ring (bicyclic) bond motifs is 1. The molecule has 4 nitrogen and oxygen atoms in total. The summed E-state index contributed by atoms with van der Waals surface area (Å²) in [5.74, 6) is 0.436. The molecule has 1 atom stereocenters. The number of benzene rings is 2. The van der Waals surface area contributed by atoms with Gasteiger partial charge in [0.15, 0.2) is 0 Å². The second kappa shape index (κ2) is 5.85. The van der Waals surface area contributed by atoms with Gasteiger partial charge in [-0.05, 0) is 30.7 Å². The van der Waals surface area contributed by atoms with E-state index in [9.17, 15) is 9.18 Å². The molecule has 3 aromatic rings. The van der Waals surface area contributed by atoms with E-state index in [4.69, 9.17) is 16.3 Å². The fourth-order valence-corrected chi connectivity index (χ4v) is 2.54. The third-order valence-electron chi connectivity index (χ3n) is 3.26. The number of rotatable bonds is 4. The summed E-state index contributed by atoms with van der Waals surface area (Å²) in [5, 5.41) is 0.417. The first-order valence-electron chi connectivity index (χ1n) is 6.82. The summed E-state index contributed by atoms with van der Waals surface area (Å²) in [6, 6.07) is 10.8. The van der Waals surface area contributed by atoms with Crippen LogP contribution < -0.4 is 10.4 Å². The number of alkyl halides is 1. The molecule has 0 spiro atoms. The van der Waals surface area contributed by atoms with Gasteiger partial charge in [-0.3, -0.25) is 0 Å². The Hall–Kier alpha value is -2.27. The molecule has 2 aromatic carbocycles. The van der Waals surface area contributed by atoms with Gasteiger partial charge in [-0.2, -0.15) is 0 Å². The molecule has 0 aliphatic heterocycles. The van der Waals surface area contributed by atoms with E-state index < -0.39 is 6.17 Å². The highest BCUT2D eigenvalue weighted by atomic mass is 35.5. The van der Waals surface area contributed by atoms with Crippen molar-refractivity contribution < 1.29 is 9.13 Å². The maximum Gasteiger partial charge on any atom is 0.323 e. The zero-order chi connectivity index (χ0) is 15.7. The molecule has 6 heteroatoms. The van der Waals surface area contributed by atoms with Crippen molar-refractivity contribution >= 4 is 22.6 Å². The van der Waals surface area contributed by atoms with Gasteiger partial charge in [0.2, 0.25) is 0 Å². The SMILES string of the molecule is CC(F)COc1cccc(-c2ccc3[nH]c(=O)[nH]c3c2)c1Cl. The van der Waals surface area contributed by atoms with Crippen LogP contribution in [0.3, 0.4) is 0 Å². The third kappa shape index (κ3) is 2.85. The maximum atomic E-state index is 12.9. The molecule has 3 rings (SSSR count). The van der Waals surface area contributed by atoms with E-state index in [1.165, 1.54) is 6.92 Å². The molecule has 0 amide bonds. The molecular formula is C16H14ClFN2O2. The van der Waals surface area contributed by atoms with Crippen LogP contribution in [0.1, 0.15) is 6.92 Å². The minimum atomic E-state index is -1.07. The average Bonchev–Trinajstić information content (AvgIpc) is 2.85. The normalized spacial score (nSPS) is 12.5. The van der Waals surface area contributed by atoms with E-state index in [0.717, 1.165) is 16.6 Å². The molecular weight excluding hydrogens is 307 g/mol. The van der Waals surface area contributed by atoms with Crippen molar-refractivity contribution in [2.75, 3.05) is 6.61 Å². The highest BCUT2D eigenvalue weighted by molar-refractivity contribution is 6.34. The third-order valence-corrected chi connectivity index (χ3v) is 3.65. The largest absolute Gasteiger partial charge is 0.489 e. The van der Waals surface area contributed by atoms with Gasteiger partial charge in [0, 0.05) is 5.56 Å². The number of hydrogen-bond donors (Lipinski definition) is 2. The lowest BCUT2D eigenvalue weighted by molar-refractivity contribution is 0.210. The minimum absolute atomic E-state index is 0.0483. The Morgan fingerprint density at radius 1 is 1.23 bits per heavy atom. The molecule has 22 heavy (non-hydrogen) atoms. The molecule has 0 radical (unpaired) electrons. The number of aromatic amines is 2. The summed E-state index contributed by atoms with van der Waals surface area (Å²) in [7, 11) is 0. The maximum absolute atomic E-state index is 12.9. The quantitative estimate of drug-likeness (QED) is 0.765. The molecule has 0 saturated carbocycles. The van der Waals surface area contributed by atoms with Crippen LogP contribution in [0.5, 0.6) is 5.75 Å². The van der Waals surface area contributed by atoms with Crippen LogP contribution in [0.25, 0.3) is 22.2 Å². The molecule has 0 fully saturated rings. The lowest BCUT2D eigenvalue weighted by atomic mass is 10.0. The van der Waals surface area contributed by atoms with Crippen LogP contribution in [0.2, 0.25) is 5.02 Å². The first-order chi connectivity index (χ1) is 10.5. The summed E-state index contributed by atoms with van der Waals surface area (Å²) in [6.07, 6.45) is -1.07. The summed E-state index contributed by atoms with van der Waals surface area (Å²) < 4.78 is 18.3. The average molecular weight is 321 g/mol. The summed E-state index contributed by atoms with van der Waals surface area (Å²) >= 11 is 6.36. The van der Waals surface area contributed by atoms with Gasteiger partial charge in [0.1, 0.15) is 18.5 Å². The Morgan fingerprint density at radius 3 is 2.77 bits per heavy atom. The van der Waals surface area contributed by atoms with Gasteiger partial charge in [-0.25, -0.2) is 9.18 Å². The number of aromatic nitrogens is 2. The van der Waals surface area contributed by atoms with Crippen molar-refractivity contribution in [1.82, 2.24) is 9.97 Å². The molecule has 1 aromatic heterocycles. The lowest BCUT2D eigenvalue weighted by Gasteiger charge is -2.12. The van der Waals surface area contributed by atoms with Gasteiger partial charge >= 0.3 is 5.69 Å². The van der Waals surface area contributed by atoms with Gasteiger partial charge in [0.05, 0.1) is 16.1 Å². The van der Waals surface area contributed by atoms with Gasteiger partial charge in [-0.15, -0.1) is 0 Å². The molecule has 0 aliphatic rings. The smallest absolute Gasteiger partial charge is 0.323 e. The van der Waals surface area contributed by atoms with E-state index in [0.29, 0.717) is 16.3 Å². The lowest BCUT2D eigenvalue weighted by Crippen LogP contribution is -2.08. The van der Waals surface area contributed by atoms with Crippen molar-refractivity contribution in [2.45, 2.75) is 13.1 Å². The second-order valence-corrected chi connectivity index (χ2v) is 5.43.